The van der Waals surface area contributed by atoms with Crippen molar-refractivity contribution >= 4 is 35.1 Å². The quantitative estimate of drug-likeness (QED) is 0.914. The van der Waals surface area contributed by atoms with Gasteiger partial charge in [-0.1, -0.05) is 23.2 Å². The number of hydrogen-bond donors (Lipinski definition) is 1. The molecule has 0 aliphatic rings. The molecule has 1 heterocycles. The van der Waals surface area contributed by atoms with Gasteiger partial charge in [-0.25, -0.2) is 9.48 Å². The van der Waals surface area contributed by atoms with Crippen LogP contribution in [0.3, 0.4) is 0 Å². The molecule has 23 heavy (non-hydrogen) atoms. The molecule has 0 spiro atoms. The molecule has 0 bridgehead atoms. The van der Waals surface area contributed by atoms with Crippen molar-refractivity contribution in [3.8, 4) is 5.69 Å². The fourth-order valence-electron chi connectivity index (χ4n) is 1.98. The third-order valence-electron chi connectivity index (χ3n) is 3.51. The summed E-state index contributed by atoms with van der Waals surface area (Å²) in [5.74, 6) is -1.55. The first-order valence-corrected chi connectivity index (χ1v) is 7.50. The SMILES string of the molecule is Cc1cc(C(=O)N(C)C(C)C(=O)O)nn1-c1ccc(Cl)c(Cl)c1. The predicted octanol–water partition coefficient (Wildman–Crippen LogP) is 3.03. The van der Waals surface area contributed by atoms with Crippen molar-refractivity contribution in [3.05, 3.63) is 45.7 Å². The Hall–Kier alpha value is -2.05. The van der Waals surface area contributed by atoms with Crippen LogP contribution in [0.1, 0.15) is 23.1 Å². The highest BCUT2D eigenvalue weighted by Gasteiger charge is 2.25. The molecule has 2 rings (SSSR count). The summed E-state index contributed by atoms with van der Waals surface area (Å²) in [4.78, 5) is 24.5. The molecule has 8 heteroatoms. The lowest BCUT2D eigenvalue weighted by molar-refractivity contribution is -0.141. The lowest BCUT2D eigenvalue weighted by Gasteiger charge is -2.20. The topological polar surface area (TPSA) is 75.4 Å². The van der Waals surface area contributed by atoms with E-state index < -0.39 is 17.9 Å². The number of aliphatic carboxylic acids is 1. The molecular formula is C15H15Cl2N3O3. The number of rotatable bonds is 4. The van der Waals surface area contributed by atoms with Crippen LogP contribution in [-0.2, 0) is 4.79 Å². The minimum Gasteiger partial charge on any atom is -0.480 e. The van der Waals surface area contributed by atoms with Gasteiger partial charge in [-0.05, 0) is 38.1 Å². The first-order valence-electron chi connectivity index (χ1n) is 6.74. The number of carboxylic acid groups (broad SMARTS) is 1. The number of halogens is 2. The number of carbonyl (C=O) groups is 2. The number of aromatic nitrogens is 2. The molecule has 1 atom stereocenters. The molecule has 0 aliphatic heterocycles. The Kier molecular flexibility index (Phi) is 4.97. The smallest absolute Gasteiger partial charge is 0.326 e. The van der Waals surface area contributed by atoms with Crippen molar-refractivity contribution in [1.29, 1.82) is 0 Å². The van der Waals surface area contributed by atoms with Crippen LogP contribution in [0.15, 0.2) is 24.3 Å². The predicted molar refractivity (Wildman–Crippen MR) is 87.5 cm³/mol. The van der Waals surface area contributed by atoms with Gasteiger partial charge in [0, 0.05) is 12.7 Å². The molecule has 0 saturated carbocycles. The zero-order chi connectivity index (χ0) is 17.3. The van der Waals surface area contributed by atoms with Crippen LogP contribution in [0, 0.1) is 6.92 Å². The van der Waals surface area contributed by atoms with Crippen LogP contribution in [-0.4, -0.2) is 44.8 Å². The number of aryl methyl sites for hydroxylation is 1. The molecule has 1 N–H and O–H groups in total. The van der Waals surface area contributed by atoms with Crippen LogP contribution < -0.4 is 0 Å². The Bertz CT molecular complexity index is 773. The van der Waals surface area contributed by atoms with Gasteiger partial charge in [0.1, 0.15) is 6.04 Å². The van der Waals surface area contributed by atoms with Gasteiger partial charge in [-0.2, -0.15) is 5.10 Å². The molecule has 0 aliphatic carbocycles. The molecule has 2 aromatic rings. The van der Waals surface area contributed by atoms with Crippen molar-refractivity contribution < 1.29 is 14.7 Å². The van der Waals surface area contributed by atoms with E-state index in [9.17, 15) is 9.59 Å². The molecule has 0 fully saturated rings. The summed E-state index contributed by atoms with van der Waals surface area (Å²) < 4.78 is 1.55. The Morgan fingerprint density at radius 3 is 2.48 bits per heavy atom. The van der Waals surface area contributed by atoms with Crippen molar-refractivity contribution in [2.45, 2.75) is 19.9 Å². The molecular weight excluding hydrogens is 341 g/mol. The van der Waals surface area contributed by atoms with Gasteiger partial charge >= 0.3 is 5.97 Å². The fourth-order valence-corrected chi connectivity index (χ4v) is 2.27. The van der Waals surface area contributed by atoms with Crippen LogP contribution in [0.5, 0.6) is 0 Å². The van der Waals surface area contributed by atoms with E-state index in [4.69, 9.17) is 28.3 Å². The lowest BCUT2D eigenvalue weighted by atomic mass is 10.2. The normalized spacial score (nSPS) is 12.0. The molecule has 0 saturated heterocycles. The van der Waals surface area contributed by atoms with Crippen LogP contribution in [0.25, 0.3) is 5.69 Å². The van der Waals surface area contributed by atoms with Gasteiger partial charge in [-0.15, -0.1) is 0 Å². The highest BCUT2D eigenvalue weighted by atomic mass is 35.5. The maximum absolute atomic E-state index is 12.3. The molecule has 1 amide bonds. The molecule has 122 valence electrons. The van der Waals surface area contributed by atoms with Gasteiger partial charge < -0.3 is 10.0 Å². The Morgan fingerprint density at radius 1 is 1.26 bits per heavy atom. The average molecular weight is 356 g/mol. The standard InChI is InChI=1S/C15H15Cl2N3O3/c1-8-6-13(14(21)19(3)9(2)15(22)23)18-20(8)10-4-5-11(16)12(17)7-10/h4-7,9H,1-3H3,(H,22,23). The van der Waals surface area contributed by atoms with E-state index in [0.29, 0.717) is 21.4 Å². The van der Waals surface area contributed by atoms with Crippen molar-refractivity contribution in [2.75, 3.05) is 7.05 Å². The zero-order valence-electron chi connectivity index (χ0n) is 12.7. The van der Waals surface area contributed by atoms with E-state index >= 15 is 0 Å². The third kappa shape index (κ3) is 3.48. The van der Waals surface area contributed by atoms with E-state index in [1.165, 1.54) is 14.0 Å². The number of amides is 1. The van der Waals surface area contributed by atoms with E-state index in [-0.39, 0.29) is 5.69 Å². The lowest BCUT2D eigenvalue weighted by Crippen LogP contribution is -2.40. The van der Waals surface area contributed by atoms with Crippen LogP contribution in [0.2, 0.25) is 10.0 Å². The molecule has 6 nitrogen and oxygen atoms in total. The Labute approximate surface area is 143 Å². The molecule has 1 aromatic carbocycles. The second-order valence-corrected chi connectivity index (χ2v) is 5.93. The number of nitrogens with zero attached hydrogens (tertiary/aromatic N) is 3. The number of likely N-dealkylation sites (N-methyl/N-ethyl adjacent to an activating group) is 1. The first kappa shape index (κ1) is 17.3. The second-order valence-electron chi connectivity index (χ2n) is 5.11. The number of hydrogen-bond acceptors (Lipinski definition) is 3. The van der Waals surface area contributed by atoms with Crippen LogP contribution >= 0.6 is 23.2 Å². The average Bonchev–Trinajstić information content (AvgIpc) is 2.89. The number of carbonyl (C=O) groups excluding carboxylic acids is 1. The summed E-state index contributed by atoms with van der Waals surface area (Å²) in [6, 6.07) is 5.66. The van der Waals surface area contributed by atoms with Crippen molar-refractivity contribution in [3.63, 3.8) is 0 Å². The van der Waals surface area contributed by atoms with Crippen molar-refractivity contribution in [1.82, 2.24) is 14.7 Å². The number of benzene rings is 1. The van der Waals surface area contributed by atoms with Crippen LogP contribution in [0.4, 0.5) is 0 Å². The van der Waals surface area contributed by atoms with Gasteiger partial charge in [0.2, 0.25) is 0 Å². The van der Waals surface area contributed by atoms with Crippen molar-refractivity contribution in [2.24, 2.45) is 0 Å². The summed E-state index contributed by atoms with van der Waals surface area (Å²) in [6.07, 6.45) is 0. The largest absolute Gasteiger partial charge is 0.480 e. The fraction of sp³-hybridized carbons (Fsp3) is 0.267. The zero-order valence-corrected chi connectivity index (χ0v) is 14.3. The summed E-state index contributed by atoms with van der Waals surface area (Å²) in [5, 5.41) is 14.0. The van der Waals surface area contributed by atoms with Gasteiger partial charge in [0.15, 0.2) is 5.69 Å². The molecule has 1 aromatic heterocycles. The Balaban J connectivity index is 2.36. The minimum absolute atomic E-state index is 0.157. The van der Waals surface area contributed by atoms with E-state index in [0.717, 1.165) is 4.90 Å². The molecule has 0 radical (unpaired) electrons. The minimum atomic E-state index is -1.08. The first-order chi connectivity index (χ1) is 10.7. The van der Waals surface area contributed by atoms with Gasteiger partial charge in [-0.3, -0.25) is 4.79 Å². The summed E-state index contributed by atoms with van der Waals surface area (Å²) in [5.41, 5.74) is 1.53. The van der Waals surface area contributed by atoms with E-state index in [1.807, 2.05) is 0 Å². The second kappa shape index (κ2) is 6.60. The highest BCUT2D eigenvalue weighted by molar-refractivity contribution is 6.42. The summed E-state index contributed by atoms with van der Waals surface area (Å²) in [6.45, 7) is 3.22. The molecule has 1 unspecified atom stereocenters. The highest BCUT2D eigenvalue weighted by Crippen LogP contribution is 2.25. The summed E-state index contributed by atoms with van der Waals surface area (Å²) in [7, 11) is 1.43. The maximum Gasteiger partial charge on any atom is 0.326 e. The van der Waals surface area contributed by atoms with Gasteiger partial charge in [0.25, 0.3) is 5.91 Å². The Morgan fingerprint density at radius 2 is 1.91 bits per heavy atom. The van der Waals surface area contributed by atoms with E-state index in [1.54, 1.807) is 35.9 Å². The maximum atomic E-state index is 12.3. The van der Waals surface area contributed by atoms with E-state index in [2.05, 4.69) is 5.10 Å². The number of carboxylic acids is 1. The third-order valence-corrected chi connectivity index (χ3v) is 4.25. The monoisotopic (exact) mass is 355 g/mol. The van der Waals surface area contributed by atoms with Gasteiger partial charge in [0.05, 0.1) is 15.7 Å². The summed E-state index contributed by atoms with van der Waals surface area (Å²) >= 11 is 11.9.